The van der Waals surface area contributed by atoms with E-state index in [-0.39, 0.29) is 5.54 Å². The highest BCUT2D eigenvalue weighted by atomic mass is 16.5. The molecule has 2 rings (SSSR count). The summed E-state index contributed by atoms with van der Waals surface area (Å²) in [5, 5.41) is 10.5. The first-order valence-corrected chi connectivity index (χ1v) is 7.41. The van der Waals surface area contributed by atoms with Gasteiger partial charge in [-0.2, -0.15) is 0 Å². The van der Waals surface area contributed by atoms with Crippen LogP contribution in [0.2, 0.25) is 0 Å². The normalized spacial score (nSPS) is 11.6. The van der Waals surface area contributed by atoms with Crippen molar-refractivity contribution in [2.45, 2.75) is 46.3 Å². The Kier molecular flexibility index (Phi) is 5.02. The number of hydrogen-bond acceptors (Lipinski definition) is 3. The molecule has 0 unspecified atom stereocenters. The molecule has 1 heterocycles. The van der Waals surface area contributed by atoms with Gasteiger partial charge in [-0.1, -0.05) is 24.3 Å². The third kappa shape index (κ3) is 5.23. The van der Waals surface area contributed by atoms with E-state index < -0.39 is 0 Å². The van der Waals surface area contributed by atoms with Crippen molar-refractivity contribution < 1.29 is 4.74 Å². The Balaban J connectivity index is 1.93. The molecule has 0 saturated heterocycles. The van der Waals surface area contributed by atoms with Crippen LogP contribution in [0.4, 0.5) is 0 Å². The highest BCUT2D eigenvalue weighted by Crippen LogP contribution is 2.14. The molecule has 0 aliphatic carbocycles. The van der Waals surface area contributed by atoms with Crippen LogP contribution >= 0.6 is 0 Å². The average molecular weight is 287 g/mol. The topological polar surface area (TPSA) is 49.9 Å². The summed E-state index contributed by atoms with van der Waals surface area (Å²) in [6.45, 7) is 10.0. The third-order valence-electron chi connectivity index (χ3n) is 3.23. The largest absolute Gasteiger partial charge is 0.472 e. The van der Waals surface area contributed by atoms with Crippen molar-refractivity contribution >= 4 is 0 Å². The summed E-state index contributed by atoms with van der Waals surface area (Å²) in [5.74, 6) is 0.648. The summed E-state index contributed by atoms with van der Waals surface area (Å²) in [6.07, 6.45) is 0.996. The van der Waals surface area contributed by atoms with Crippen molar-refractivity contribution in [3.8, 4) is 5.88 Å². The zero-order chi connectivity index (χ0) is 15.3. The molecule has 4 heteroatoms. The molecule has 0 amide bonds. The molecule has 0 atom stereocenters. The number of aromatic nitrogens is 2. The van der Waals surface area contributed by atoms with Gasteiger partial charge >= 0.3 is 0 Å². The van der Waals surface area contributed by atoms with E-state index >= 15 is 0 Å². The van der Waals surface area contributed by atoms with Crippen LogP contribution < -0.4 is 10.1 Å². The van der Waals surface area contributed by atoms with Crippen LogP contribution in [0.5, 0.6) is 5.88 Å². The van der Waals surface area contributed by atoms with Gasteiger partial charge in [-0.15, -0.1) is 5.10 Å². The standard InChI is InChI=1S/C17H25N3O/c1-13-11-16(20-19-13)21-12-15-8-6-5-7-14(15)9-10-18-17(2,3)4/h5-8,11,18H,9-10,12H2,1-4H3,(H,19,20). The lowest BCUT2D eigenvalue weighted by Crippen LogP contribution is -2.37. The highest BCUT2D eigenvalue weighted by Gasteiger charge is 2.09. The van der Waals surface area contributed by atoms with E-state index in [1.54, 1.807) is 0 Å². The number of benzene rings is 1. The van der Waals surface area contributed by atoms with Gasteiger partial charge in [0.2, 0.25) is 5.88 Å². The van der Waals surface area contributed by atoms with Crippen molar-refractivity contribution in [2.75, 3.05) is 6.54 Å². The van der Waals surface area contributed by atoms with Crippen molar-refractivity contribution in [3.05, 3.63) is 47.2 Å². The molecule has 1 aromatic carbocycles. The van der Waals surface area contributed by atoms with Gasteiger partial charge in [0.25, 0.3) is 0 Å². The second kappa shape index (κ2) is 6.76. The van der Waals surface area contributed by atoms with E-state index in [9.17, 15) is 0 Å². The zero-order valence-electron chi connectivity index (χ0n) is 13.4. The van der Waals surface area contributed by atoms with E-state index in [1.165, 1.54) is 11.1 Å². The molecule has 2 N–H and O–H groups in total. The molecule has 114 valence electrons. The van der Waals surface area contributed by atoms with Gasteiger partial charge in [0.1, 0.15) is 6.61 Å². The molecule has 21 heavy (non-hydrogen) atoms. The lowest BCUT2D eigenvalue weighted by Gasteiger charge is -2.21. The molecule has 0 aliphatic rings. The molecule has 0 spiro atoms. The minimum atomic E-state index is 0.151. The molecule has 0 bridgehead atoms. The number of aryl methyl sites for hydroxylation is 1. The van der Waals surface area contributed by atoms with Crippen LogP contribution in [0.3, 0.4) is 0 Å². The van der Waals surface area contributed by atoms with E-state index in [0.717, 1.165) is 18.7 Å². The molecule has 4 nitrogen and oxygen atoms in total. The first kappa shape index (κ1) is 15.6. The van der Waals surface area contributed by atoms with E-state index in [4.69, 9.17) is 4.74 Å². The second-order valence-corrected chi connectivity index (χ2v) is 6.37. The van der Waals surface area contributed by atoms with E-state index in [1.807, 2.05) is 13.0 Å². The Morgan fingerprint density at radius 1 is 1.19 bits per heavy atom. The molecule has 0 aliphatic heterocycles. The van der Waals surface area contributed by atoms with Crippen LogP contribution in [-0.2, 0) is 13.0 Å². The minimum Gasteiger partial charge on any atom is -0.472 e. The average Bonchev–Trinajstić information content (AvgIpc) is 2.82. The molecular weight excluding hydrogens is 262 g/mol. The summed E-state index contributed by atoms with van der Waals surface area (Å²) in [7, 11) is 0. The number of hydrogen-bond donors (Lipinski definition) is 2. The fourth-order valence-corrected chi connectivity index (χ4v) is 2.13. The fourth-order valence-electron chi connectivity index (χ4n) is 2.13. The van der Waals surface area contributed by atoms with Gasteiger partial charge in [-0.25, -0.2) is 0 Å². The van der Waals surface area contributed by atoms with Crippen LogP contribution in [0.1, 0.15) is 37.6 Å². The smallest absolute Gasteiger partial charge is 0.233 e. The summed E-state index contributed by atoms with van der Waals surface area (Å²) >= 11 is 0. The molecule has 0 radical (unpaired) electrons. The van der Waals surface area contributed by atoms with Crippen LogP contribution in [-0.4, -0.2) is 22.3 Å². The summed E-state index contributed by atoms with van der Waals surface area (Å²) in [4.78, 5) is 0. The van der Waals surface area contributed by atoms with Crippen molar-refractivity contribution in [2.24, 2.45) is 0 Å². The SMILES string of the molecule is Cc1cc(OCc2ccccc2CCNC(C)(C)C)n[nH]1. The Labute approximate surface area is 126 Å². The summed E-state index contributed by atoms with van der Waals surface area (Å²) < 4.78 is 5.74. The number of nitrogens with one attached hydrogen (secondary N) is 2. The Morgan fingerprint density at radius 2 is 1.90 bits per heavy atom. The summed E-state index contributed by atoms with van der Waals surface area (Å²) in [5.41, 5.74) is 3.70. The van der Waals surface area contributed by atoms with Crippen molar-refractivity contribution in [1.29, 1.82) is 0 Å². The van der Waals surface area contributed by atoms with Gasteiger partial charge in [0.05, 0.1) is 0 Å². The van der Waals surface area contributed by atoms with Crippen LogP contribution in [0.15, 0.2) is 30.3 Å². The second-order valence-electron chi connectivity index (χ2n) is 6.37. The Hall–Kier alpha value is -1.81. The Bertz CT molecular complexity index is 569. The first-order chi connectivity index (χ1) is 9.94. The van der Waals surface area contributed by atoms with Crippen LogP contribution in [0.25, 0.3) is 0 Å². The van der Waals surface area contributed by atoms with Gasteiger partial charge in [-0.05, 0) is 51.8 Å². The first-order valence-electron chi connectivity index (χ1n) is 7.41. The summed E-state index contributed by atoms with van der Waals surface area (Å²) in [6, 6.07) is 10.3. The highest BCUT2D eigenvalue weighted by molar-refractivity contribution is 5.27. The van der Waals surface area contributed by atoms with Crippen molar-refractivity contribution in [1.82, 2.24) is 15.5 Å². The molecular formula is C17H25N3O. The van der Waals surface area contributed by atoms with Gasteiger partial charge in [0.15, 0.2) is 0 Å². The monoisotopic (exact) mass is 287 g/mol. The number of aromatic amines is 1. The van der Waals surface area contributed by atoms with Gasteiger partial charge in [-0.3, -0.25) is 5.10 Å². The number of nitrogens with zero attached hydrogens (tertiary/aromatic N) is 1. The van der Waals surface area contributed by atoms with Crippen molar-refractivity contribution in [3.63, 3.8) is 0 Å². The third-order valence-corrected chi connectivity index (χ3v) is 3.23. The van der Waals surface area contributed by atoms with Crippen LogP contribution in [0, 0.1) is 6.92 Å². The zero-order valence-corrected chi connectivity index (χ0v) is 13.4. The maximum Gasteiger partial charge on any atom is 0.233 e. The lowest BCUT2D eigenvalue weighted by molar-refractivity contribution is 0.292. The van der Waals surface area contributed by atoms with E-state index in [0.29, 0.717) is 12.5 Å². The van der Waals surface area contributed by atoms with Gasteiger partial charge < -0.3 is 10.1 Å². The number of ether oxygens (including phenoxy) is 1. The van der Waals surface area contributed by atoms with Gasteiger partial charge in [0, 0.05) is 17.3 Å². The number of rotatable bonds is 6. The quantitative estimate of drug-likeness (QED) is 0.857. The minimum absolute atomic E-state index is 0.151. The predicted molar refractivity (Wildman–Crippen MR) is 85.6 cm³/mol. The lowest BCUT2D eigenvalue weighted by atomic mass is 10.0. The molecule has 2 aromatic rings. The van der Waals surface area contributed by atoms with E-state index in [2.05, 4.69) is 60.6 Å². The molecule has 0 saturated carbocycles. The fraction of sp³-hybridized carbons (Fsp3) is 0.471. The number of H-pyrrole nitrogens is 1. The molecule has 1 aromatic heterocycles. The predicted octanol–water partition coefficient (Wildman–Crippen LogP) is 3.23. The maximum absolute atomic E-state index is 5.74. The Morgan fingerprint density at radius 3 is 2.52 bits per heavy atom. The molecule has 0 fully saturated rings. The maximum atomic E-state index is 5.74.